The van der Waals surface area contributed by atoms with Crippen molar-refractivity contribution in [2.45, 2.75) is 32.7 Å². The maximum atomic E-state index is 11.3. The fraction of sp³-hybridized carbons (Fsp3) is 0.909. The molecule has 4 nitrogen and oxygen atoms in total. The zero-order chi connectivity index (χ0) is 11.3. The molecule has 0 aliphatic carbocycles. The predicted molar refractivity (Wildman–Crippen MR) is 59.4 cm³/mol. The lowest BCUT2D eigenvalue weighted by Crippen LogP contribution is -2.48. The molecule has 88 valence electrons. The van der Waals surface area contributed by atoms with Gasteiger partial charge < -0.3 is 10.5 Å². The van der Waals surface area contributed by atoms with Crippen LogP contribution in [0.25, 0.3) is 0 Å². The standard InChI is InChI=1S/C11H22N2O2/c1-3-9-7-13(6-5-10(9)12)8-11(14)15-4-2/h9-10H,3-8,12H2,1-2H3. The van der Waals surface area contributed by atoms with E-state index in [0.717, 1.165) is 25.9 Å². The topological polar surface area (TPSA) is 55.6 Å². The van der Waals surface area contributed by atoms with Crippen LogP contribution in [0.1, 0.15) is 26.7 Å². The first-order valence-electron chi connectivity index (χ1n) is 5.80. The molecule has 0 amide bonds. The maximum absolute atomic E-state index is 11.3. The molecule has 0 radical (unpaired) electrons. The molecule has 2 atom stereocenters. The first-order valence-corrected chi connectivity index (χ1v) is 5.80. The lowest BCUT2D eigenvalue weighted by molar-refractivity contribution is -0.144. The van der Waals surface area contributed by atoms with Crippen molar-refractivity contribution in [2.24, 2.45) is 11.7 Å². The van der Waals surface area contributed by atoms with Gasteiger partial charge in [0.05, 0.1) is 13.2 Å². The molecular weight excluding hydrogens is 192 g/mol. The summed E-state index contributed by atoms with van der Waals surface area (Å²) < 4.78 is 4.93. The van der Waals surface area contributed by atoms with Crippen molar-refractivity contribution in [3.8, 4) is 0 Å². The summed E-state index contributed by atoms with van der Waals surface area (Å²) in [7, 11) is 0. The van der Waals surface area contributed by atoms with E-state index in [1.54, 1.807) is 0 Å². The molecule has 0 bridgehead atoms. The van der Waals surface area contributed by atoms with Crippen molar-refractivity contribution in [1.29, 1.82) is 0 Å². The zero-order valence-electron chi connectivity index (χ0n) is 9.74. The Balaban J connectivity index is 2.34. The van der Waals surface area contributed by atoms with Gasteiger partial charge in [0.2, 0.25) is 0 Å². The van der Waals surface area contributed by atoms with Crippen LogP contribution in [0.3, 0.4) is 0 Å². The van der Waals surface area contributed by atoms with Gasteiger partial charge in [-0.25, -0.2) is 0 Å². The second-order valence-electron chi connectivity index (χ2n) is 4.16. The Bertz CT molecular complexity index is 209. The van der Waals surface area contributed by atoms with Crippen LogP contribution in [0.5, 0.6) is 0 Å². The quantitative estimate of drug-likeness (QED) is 0.697. The van der Waals surface area contributed by atoms with Crippen LogP contribution in [-0.2, 0) is 9.53 Å². The minimum absolute atomic E-state index is 0.122. The van der Waals surface area contributed by atoms with E-state index in [0.29, 0.717) is 25.1 Å². The van der Waals surface area contributed by atoms with Gasteiger partial charge in [0.1, 0.15) is 0 Å². The molecule has 1 saturated heterocycles. The summed E-state index contributed by atoms with van der Waals surface area (Å²) in [4.78, 5) is 13.4. The molecule has 1 heterocycles. The van der Waals surface area contributed by atoms with Crippen molar-refractivity contribution < 1.29 is 9.53 Å². The molecule has 0 aromatic carbocycles. The number of hydrogen-bond donors (Lipinski definition) is 1. The van der Waals surface area contributed by atoms with Gasteiger partial charge in [-0.05, 0) is 19.3 Å². The molecule has 0 aromatic heterocycles. The zero-order valence-corrected chi connectivity index (χ0v) is 9.74. The van der Waals surface area contributed by atoms with Gasteiger partial charge in [0, 0.05) is 19.1 Å². The Hall–Kier alpha value is -0.610. The molecule has 0 spiro atoms. The first-order chi connectivity index (χ1) is 7.17. The van der Waals surface area contributed by atoms with E-state index in [4.69, 9.17) is 10.5 Å². The molecule has 0 saturated carbocycles. The average Bonchev–Trinajstić information content (AvgIpc) is 2.21. The van der Waals surface area contributed by atoms with Gasteiger partial charge in [-0.1, -0.05) is 13.3 Å². The fourth-order valence-electron chi connectivity index (χ4n) is 2.09. The summed E-state index contributed by atoms with van der Waals surface area (Å²) in [6.07, 6.45) is 2.07. The van der Waals surface area contributed by atoms with E-state index in [1.165, 1.54) is 0 Å². The van der Waals surface area contributed by atoms with Crippen LogP contribution in [-0.4, -0.2) is 43.2 Å². The molecule has 2 N–H and O–H groups in total. The second kappa shape index (κ2) is 6.08. The number of carbonyl (C=O) groups excluding carboxylic acids is 1. The number of hydrogen-bond acceptors (Lipinski definition) is 4. The van der Waals surface area contributed by atoms with E-state index in [1.807, 2.05) is 6.92 Å². The molecule has 1 fully saturated rings. The van der Waals surface area contributed by atoms with Crippen molar-refractivity contribution in [2.75, 3.05) is 26.2 Å². The average molecular weight is 214 g/mol. The largest absolute Gasteiger partial charge is 0.465 e. The maximum Gasteiger partial charge on any atom is 0.320 e. The van der Waals surface area contributed by atoms with Crippen LogP contribution in [0.15, 0.2) is 0 Å². The van der Waals surface area contributed by atoms with Crippen molar-refractivity contribution >= 4 is 5.97 Å². The van der Waals surface area contributed by atoms with E-state index in [-0.39, 0.29) is 5.97 Å². The Morgan fingerprint density at radius 2 is 2.27 bits per heavy atom. The highest BCUT2D eigenvalue weighted by atomic mass is 16.5. The smallest absolute Gasteiger partial charge is 0.320 e. The van der Waals surface area contributed by atoms with Crippen molar-refractivity contribution in [3.63, 3.8) is 0 Å². The van der Waals surface area contributed by atoms with Crippen LogP contribution < -0.4 is 5.73 Å². The van der Waals surface area contributed by atoms with Gasteiger partial charge in [0.25, 0.3) is 0 Å². The third-order valence-electron chi connectivity index (χ3n) is 3.06. The molecule has 1 rings (SSSR count). The highest BCUT2D eigenvalue weighted by Gasteiger charge is 2.26. The molecule has 1 aliphatic heterocycles. The predicted octanol–water partition coefficient (Wildman–Crippen LogP) is 0.609. The number of carbonyl (C=O) groups is 1. The van der Waals surface area contributed by atoms with E-state index in [2.05, 4.69) is 11.8 Å². The SMILES string of the molecule is CCOC(=O)CN1CCC(N)C(CC)C1. The lowest BCUT2D eigenvalue weighted by atomic mass is 9.91. The normalized spacial score (nSPS) is 27.7. The third kappa shape index (κ3) is 3.80. The molecule has 0 aromatic rings. The van der Waals surface area contributed by atoms with E-state index < -0.39 is 0 Å². The molecular formula is C11H22N2O2. The van der Waals surface area contributed by atoms with Crippen LogP contribution >= 0.6 is 0 Å². The van der Waals surface area contributed by atoms with Gasteiger partial charge in [-0.3, -0.25) is 9.69 Å². The molecule has 2 unspecified atom stereocenters. The number of likely N-dealkylation sites (tertiary alicyclic amines) is 1. The van der Waals surface area contributed by atoms with E-state index in [9.17, 15) is 4.79 Å². The highest BCUT2D eigenvalue weighted by Crippen LogP contribution is 2.18. The van der Waals surface area contributed by atoms with Gasteiger partial charge in [-0.2, -0.15) is 0 Å². The highest BCUT2D eigenvalue weighted by molar-refractivity contribution is 5.71. The second-order valence-corrected chi connectivity index (χ2v) is 4.16. The monoisotopic (exact) mass is 214 g/mol. The lowest BCUT2D eigenvalue weighted by Gasteiger charge is -2.35. The minimum atomic E-state index is -0.122. The number of piperidine rings is 1. The van der Waals surface area contributed by atoms with Crippen LogP contribution in [0, 0.1) is 5.92 Å². The van der Waals surface area contributed by atoms with Crippen molar-refractivity contribution in [3.05, 3.63) is 0 Å². The van der Waals surface area contributed by atoms with Crippen molar-refractivity contribution in [1.82, 2.24) is 4.90 Å². The molecule has 4 heteroatoms. The summed E-state index contributed by atoms with van der Waals surface area (Å²) in [6, 6.07) is 0.299. The van der Waals surface area contributed by atoms with Gasteiger partial charge in [-0.15, -0.1) is 0 Å². The number of rotatable bonds is 4. The Labute approximate surface area is 91.8 Å². The van der Waals surface area contributed by atoms with Crippen LogP contribution in [0.4, 0.5) is 0 Å². The van der Waals surface area contributed by atoms with Gasteiger partial charge in [0.15, 0.2) is 0 Å². The first kappa shape index (κ1) is 12.5. The molecule has 15 heavy (non-hydrogen) atoms. The summed E-state index contributed by atoms with van der Waals surface area (Å²) in [5.74, 6) is 0.399. The summed E-state index contributed by atoms with van der Waals surface area (Å²) in [5, 5.41) is 0. The Morgan fingerprint density at radius 1 is 1.53 bits per heavy atom. The third-order valence-corrected chi connectivity index (χ3v) is 3.06. The number of nitrogens with two attached hydrogens (primary N) is 1. The molecule has 1 aliphatic rings. The number of ether oxygens (including phenoxy) is 1. The number of nitrogens with zero attached hydrogens (tertiary/aromatic N) is 1. The summed E-state index contributed by atoms with van der Waals surface area (Å²) in [5.41, 5.74) is 6.00. The van der Waals surface area contributed by atoms with Crippen LogP contribution in [0.2, 0.25) is 0 Å². The summed E-state index contributed by atoms with van der Waals surface area (Å²) >= 11 is 0. The number of esters is 1. The Kier molecular flexibility index (Phi) is 5.05. The van der Waals surface area contributed by atoms with Gasteiger partial charge >= 0.3 is 5.97 Å². The fourth-order valence-corrected chi connectivity index (χ4v) is 2.09. The van der Waals surface area contributed by atoms with E-state index >= 15 is 0 Å². The minimum Gasteiger partial charge on any atom is -0.465 e. The summed E-state index contributed by atoms with van der Waals surface area (Å²) in [6.45, 7) is 6.70. The Morgan fingerprint density at radius 3 is 2.87 bits per heavy atom.